The molecule has 96 valence electrons. The van der Waals surface area contributed by atoms with Crippen LogP contribution in [0.25, 0.3) is 0 Å². The van der Waals surface area contributed by atoms with Gasteiger partial charge in [0.2, 0.25) is 5.16 Å². The molecule has 1 rings (SSSR count). The van der Waals surface area contributed by atoms with Crippen LogP contribution in [0.5, 0.6) is 0 Å². The van der Waals surface area contributed by atoms with Crippen LogP contribution in [-0.4, -0.2) is 62.8 Å². The smallest absolute Gasteiger partial charge is 0.405 e. The lowest BCUT2D eigenvalue weighted by atomic mass is 10.4. The van der Waals surface area contributed by atoms with Crippen LogP contribution in [0.4, 0.5) is 4.79 Å². The van der Waals surface area contributed by atoms with Crippen LogP contribution >= 0.6 is 11.8 Å². The van der Waals surface area contributed by atoms with Crippen molar-refractivity contribution in [1.82, 2.24) is 30.4 Å². The van der Waals surface area contributed by atoms with Crippen molar-refractivity contribution in [2.75, 3.05) is 26.5 Å². The van der Waals surface area contributed by atoms with Gasteiger partial charge in [0.25, 0.3) is 0 Å². The molecule has 0 atom stereocenters. The number of nitrogens with zero attached hydrogens (tertiary/aromatic N) is 5. The highest BCUT2D eigenvalue weighted by Crippen LogP contribution is 2.11. The summed E-state index contributed by atoms with van der Waals surface area (Å²) < 4.78 is 1.68. The Balaban J connectivity index is 2.34. The maximum Gasteiger partial charge on any atom is 0.405 e. The molecule has 1 amide bonds. The van der Waals surface area contributed by atoms with Crippen molar-refractivity contribution in [3.63, 3.8) is 0 Å². The lowest BCUT2D eigenvalue weighted by Crippen LogP contribution is -2.20. The van der Waals surface area contributed by atoms with Crippen molar-refractivity contribution in [1.29, 1.82) is 0 Å². The van der Waals surface area contributed by atoms with Crippen molar-refractivity contribution in [3.8, 4) is 0 Å². The number of tetrazole rings is 1. The molecule has 9 heteroatoms. The number of aryl methyl sites for hydroxylation is 1. The monoisotopic (exact) mass is 260 g/mol. The van der Waals surface area contributed by atoms with Crippen LogP contribution in [0.15, 0.2) is 5.16 Å². The van der Waals surface area contributed by atoms with Crippen molar-refractivity contribution in [2.45, 2.75) is 18.1 Å². The predicted molar refractivity (Wildman–Crippen MR) is 62.9 cm³/mol. The van der Waals surface area contributed by atoms with Gasteiger partial charge >= 0.3 is 6.09 Å². The Morgan fingerprint density at radius 1 is 1.59 bits per heavy atom. The van der Waals surface area contributed by atoms with E-state index in [0.717, 1.165) is 19.5 Å². The Kier molecular flexibility index (Phi) is 5.70. The summed E-state index contributed by atoms with van der Waals surface area (Å²) in [4.78, 5) is 12.4. The quantitative estimate of drug-likeness (QED) is 0.523. The third kappa shape index (κ3) is 5.50. The number of aromatic nitrogens is 4. The van der Waals surface area contributed by atoms with E-state index in [-0.39, 0.29) is 5.88 Å². The first-order valence-corrected chi connectivity index (χ1v) is 6.08. The van der Waals surface area contributed by atoms with Crippen LogP contribution in [0.2, 0.25) is 0 Å². The van der Waals surface area contributed by atoms with Crippen LogP contribution < -0.4 is 5.32 Å². The fourth-order valence-corrected chi connectivity index (χ4v) is 1.84. The van der Waals surface area contributed by atoms with Gasteiger partial charge in [-0.15, -0.1) is 5.10 Å². The second-order valence-corrected chi connectivity index (χ2v) is 4.55. The molecule has 0 saturated heterocycles. The van der Waals surface area contributed by atoms with E-state index in [1.165, 1.54) is 11.8 Å². The van der Waals surface area contributed by atoms with Gasteiger partial charge in [-0.1, -0.05) is 11.8 Å². The molecule has 17 heavy (non-hydrogen) atoms. The summed E-state index contributed by atoms with van der Waals surface area (Å²) in [5.41, 5.74) is 0. The summed E-state index contributed by atoms with van der Waals surface area (Å²) in [5, 5.41) is 22.5. The standard InChI is InChI=1S/C8H16N6O2S/c1-13(2)4-3-5-14-7(10-11-12-14)17-6-9-8(15)16/h9H,3-6H2,1-2H3,(H,15,16). The molecule has 0 aliphatic heterocycles. The minimum Gasteiger partial charge on any atom is -0.465 e. The van der Waals surface area contributed by atoms with Crippen LogP contribution in [0, 0.1) is 0 Å². The van der Waals surface area contributed by atoms with E-state index in [0.29, 0.717) is 5.16 Å². The Labute approximate surface area is 103 Å². The van der Waals surface area contributed by atoms with Gasteiger partial charge in [-0.2, -0.15) is 0 Å². The summed E-state index contributed by atoms with van der Waals surface area (Å²) in [7, 11) is 4.01. The lowest BCUT2D eigenvalue weighted by molar-refractivity contribution is 0.196. The minimum atomic E-state index is -1.05. The number of rotatable bonds is 7. The number of nitrogens with one attached hydrogen (secondary N) is 1. The number of hydrogen-bond donors (Lipinski definition) is 2. The molecule has 2 N–H and O–H groups in total. The van der Waals surface area contributed by atoms with Crippen molar-refractivity contribution in [3.05, 3.63) is 0 Å². The van der Waals surface area contributed by atoms with Gasteiger partial charge in [0.05, 0.1) is 5.88 Å². The SMILES string of the molecule is CN(C)CCCn1nnnc1SCNC(=O)O. The average molecular weight is 260 g/mol. The maximum atomic E-state index is 10.3. The number of hydrogen-bond acceptors (Lipinski definition) is 6. The van der Waals surface area contributed by atoms with Gasteiger partial charge in [0.1, 0.15) is 0 Å². The van der Waals surface area contributed by atoms with E-state index < -0.39 is 6.09 Å². The molecule has 0 spiro atoms. The lowest BCUT2D eigenvalue weighted by Gasteiger charge is -2.09. The Bertz CT molecular complexity index is 356. The number of thioether (sulfide) groups is 1. The van der Waals surface area contributed by atoms with Crippen molar-refractivity contribution >= 4 is 17.9 Å². The van der Waals surface area contributed by atoms with E-state index in [9.17, 15) is 4.79 Å². The number of carbonyl (C=O) groups is 1. The minimum absolute atomic E-state index is 0.239. The van der Waals surface area contributed by atoms with Crippen LogP contribution in [-0.2, 0) is 6.54 Å². The largest absolute Gasteiger partial charge is 0.465 e. The van der Waals surface area contributed by atoms with Crippen molar-refractivity contribution in [2.24, 2.45) is 0 Å². The topological polar surface area (TPSA) is 96.2 Å². The molecule has 0 unspecified atom stereocenters. The second-order valence-electron chi connectivity index (χ2n) is 3.61. The first-order chi connectivity index (χ1) is 8.09. The van der Waals surface area contributed by atoms with E-state index in [2.05, 4.69) is 25.7 Å². The molecular formula is C8H16N6O2S. The molecule has 1 aromatic rings. The molecule has 0 saturated carbocycles. The molecule has 8 nitrogen and oxygen atoms in total. The summed E-state index contributed by atoms with van der Waals surface area (Å²) >= 11 is 1.26. The predicted octanol–water partition coefficient (Wildman–Crippen LogP) is -0.0580. The van der Waals surface area contributed by atoms with Crippen LogP contribution in [0.3, 0.4) is 0 Å². The van der Waals surface area contributed by atoms with E-state index in [1.54, 1.807) is 4.68 Å². The molecule has 0 radical (unpaired) electrons. The molecule has 0 fully saturated rings. The van der Waals surface area contributed by atoms with Gasteiger partial charge in [-0.25, -0.2) is 9.48 Å². The Morgan fingerprint density at radius 2 is 2.35 bits per heavy atom. The highest BCUT2D eigenvalue weighted by Gasteiger charge is 2.06. The van der Waals surface area contributed by atoms with E-state index >= 15 is 0 Å². The highest BCUT2D eigenvalue weighted by atomic mass is 32.2. The van der Waals surface area contributed by atoms with Gasteiger partial charge < -0.3 is 15.3 Å². The zero-order chi connectivity index (χ0) is 12.7. The maximum absolute atomic E-state index is 10.3. The Morgan fingerprint density at radius 3 is 3.00 bits per heavy atom. The first-order valence-electron chi connectivity index (χ1n) is 5.10. The molecule has 0 aliphatic carbocycles. The third-order valence-corrected chi connectivity index (χ3v) is 2.74. The Hall–Kier alpha value is -1.35. The molecular weight excluding hydrogens is 244 g/mol. The summed E-state index contributed by atoms with van der Waals surface area (Å²) in [6.07, 6.45) is -0.109. The normalized spacial score (nSPS) is 10.8. The van der Waals surface area contributed by atoms with Gasteiger partial charge in [0.15, 0.2) is 0 Å². The summed E-state index contributed by atoms with van der Waals surface area (Å²) in [6.45, 7) is 1.68. The van der Waals surface area contributed by atoms with Gasteiger partial charge in [-0.05, 0) is 37.5 Å². The summed E-state index contributed by atoms with van der Waals surface area (Å²) in [5.74, 6) is 0.239. The molecule has 1 heterocycles. The van der Waals surface area contributed by atoms with Crippen molar-refractivity contribution < 1.29 is 9.90 Å². The second kappa shape index (κ2) is 7.07. The number of amides is 1. The molecule has 0 bridgehead atoms. The average Bonchev–Trinajstić information content (AvgIpc) is 2.65. The summed E-state index contributed by atoms with van der Waals surface area (Å²) in [6, 6.07) is 0. The van der Waals surface area contributed by atoms with E-state index in [1.807, 2.05) is 14.1 Å². The van der Waals surface area contributed by atoms with E-state index in [4.69, 9.17) is 5.11 Å². The fourth-order valence-electron chi connectivity index (χ4n) is 1.14. The molecule has 1 aromatic heterocycles. The first kappa shape index (κ1) is 13.7. The molecule has 0 aliphatic rings. The zero-order valence-electron chi connectivity index (χ0n) is 9.83. The van der Waals surface area contributed by atoms with Gasteiger partial charge in [-0.3, -0.25) is 0 Å². The highest BCUT2D eigenvalue weighted by molar-refractivity contribution is 7.99. The van der Waals surface area contributed by atoms with Gasteiger partial charge in [0, 0.05) is 6.54 Å². The zero-order valence-corrected chi connectivity index (χ0v) is 10.6. The van der Waals surface area contributed by atoms with Crippen LogP contribution in [0.1, 0.15) is 6.42 Å². The molecule has 0 aromatic carbocycles. The number of carboxylic acid groups (broad SMARTS) is 1. The fraction of sp³-hybridized carbons (Fsp3) is 0.750. The third-order valence-electron chi connectivity index (χ3n) is 1.90.